The number of piperidine rings is 1. The number of carbonyl (C=O) groups excluding carboxylic acids is 1. The standard InChI is InChI=1S/C19H20F3NO/c20-19(21,22)15-5-1-12(2-6-15)9-18(24)23-16-7-8-17(23)11-14(10-16)13-3-4-13/h1-2,5-6,16-17H,3-4,7-11H2. The lowest BCUT2D eigenvalue weighted by molar-refractivity contribution is -0.137. The highest BCUT2D eigenvalue weighted by atomic mass is 19.4. The molecular weight excluding hydrogens is 315 g/mol. The van der Waals surface area contributed by atoms with E-state index in [1.165, 1.54) is 25.0 Å². The number of rotatable bonds is 2. The second-order valence-electron chi connectivity index (χ2n) is 7.17. The van der Waals surface area contributed by atoms with E-state index in [-0.39, 0.29) is 12.3 Å². The summed E-state index contributed by atoms with van der Waals surface area (Å²) in [7, 11) is 0. The maximum atomic E-state index is 12.7. The van der Waals surface area contributed by atoms with E-state index in [0.717, 1.165) is 37.8 Å². The van der Waals surface area contributed by atoms with Gasteiger partial charge in [-0.2, -0.15) is 13.2 Å². The SMILES string of the molecule is O=C(Cc1ccc(C(F)(F)F)cc1)N1C2CCC1CC(=C1CC1)C2. The van der Waals surface area contributed by atoms with E-state index in [4.69, 9.17) is 0 Å². The molecule has 5 heteroatoms. The third kappa shape index (κ3) is 2.96. The summed E-state index contributed by atoms with van der Waals surface area (Å²) in [6.07, 6.45) is 2.44. The van der Waals surface area contributed by atoms with E-state index in [2.05, 4.69) is 0 Å². The molecule has 4 rings (SSSR count). The lowest BCUT2D eigenvalue weighted by Crippen LogP contribution is -2.45. The fourth-order valence-electron chi connectivity index (χ4n) is 4.20. The summed E-state index contributed by atoms with van der Waals surface area (Å²) in [5.41, 5.74) is 3.15. The first-order chi connectivity index (χ1) is 11.4. The number of amides is 1. The molecule has 1 aromatic rings. The minimum Gasteiger partial charge on any atom is -0.336 e. The van der Waals surface area contributed by atoms with Gasteiger partial charge in [0.15, 0.2) is 0 Å². The van der Waals surface area contributed by atoms with Crippen LogP contribution in [-0.4, -0.2) is 22.9 Å². The lowest BCUT2D eigenvalue weighted by atomic mass is 9.95. The normalized spacial score (nSPS) is 26.0. The Morgan fingerprint density at radius 3 is 2.08 bits per heavy atom. The van der Waals surface area contributed by atoms with Crippen molar-refractivity contribution < 1.29 is 18.0 Å². The molecule has 3 fully saturated rings. The minimum atomic E-state index is -4.33. The highest BCUT2D eigenvalue weighted by molar-refractivity contribution is 5.80. The largest absolute Gasteiger partial charge is 0.416 e. The summed E-state index contributed by atoms with van der Waals surface area (Å²) in [5, 5.41) is 0. The van der Waals surface area contributed by atoms with Gasteiger partial charge in [0.05, 0.1) is 12.0 Å². The van der Waals surface area contributed by atoms with Gasteiger partial charge in [-0.15, -0.1) is 0 Å². The molecule has 128 valence electrons. The molecule has 0 aromatic heterocycles. The number of halogens is 3. The van der Waals surface area contributed by atoms with Crippen molar-refractivity contribution in [3.63, 3.8) is 0 Å². The quantitative estimate of drug-likeness (QED) is 0.729. The number of fused-ring (bicyclic) bond motifs is 2. The summed E-state index contributed by atoms with van der Waals surface area (Å²) >= 11 is 0. The Morgan fingerprint density at radius 2 is 1.58 bits per heavy atom. The van der Waals surface area contributed by atoms with Gasteiger partial charge < -0.3 is 4.90 Å². The average Bonchev–Trinajstić information content (AvgIpc) is 3.32. The Balaban J connectivity index is 1.44. The van der Waals surface area contributed by atoms with Crippen LogP contribution in [0.4, 0.5) is 13.2 Å². The summed E-state index contributed by atoms with van der Waals surface area (Å²) < 4.78 is 37.8. The molecule has 2 saturated heterocycles. The molecule has 3 aliphatic rings. The van der Waals surface area contributed by atoms with Gasteiger partial charge in [-0.1, -0.05) is 23.3 Å². The van der Waals surface area contributed by atoms with Gasteiger partial charge in [0, 0.05) is 12.1 Å². The molecule has 1 amide bonds. The van der Waals surface area contributed by atoms with Gasteiger partial charge in [0.2, 0.25) is 5.91 Å². The third-order valence-corrected chi connectivity index (χ3v) is 5.51. The Hall–Kier alpha value is -1.78. The molecule has 2 nitrogen and oxygen atoms in total. The van der Waals surface area contributed by atoms with E-state index < -0.39 is 11.7 Å². The summed E-state index contributed by atoms with van der Waals surface area (Å²) in [4.78, 5) is 14.7. The first-order valence-corrected chi connectivity index (χ1v) is 8.59. The summed E-state index contributed by atoms with van der Waals surface area (Å²) in [6.45, 7) is 0. The van der Waals surface area contributed by atoms with Crippen LogP contribution in [0.3, 0.4) is 0 Å². The number of nitrogens with zero attached hydrogens (tertiary/aromatic N) is 1. The van der Waals surface area contributed by atoms with Crippen molar-refractivity contribution in [3.8, 4) is 0 Å². The monoisotopic (exact) mass is 335 g/mol. The zero-order valence-electron chi connectivity index (χ0n) is 13.4. The molecular formula is C19H20F3NO. The molecule has 24 heavy (non-hydrogen) atoms. The van der Waals surface area contributed by atoms with Gasteiger partial charge >= 0.3 is 6.18 Å². The summed E-state index contributed by atoms with van der Waals surface area (Å²) in [6, 6.07) is 5.56. The van der Waals surface area contributed by atoms with Crippen molar-refractivity contribution in [1.82, 2.24) is 4.90 Å². The molecule has 2 unspecified atom stereocenters. The lowest BCUT2D eigenvalue weighted by Gasteiger charge is -2.36. The fraction of sp³-hybridized carbons (Fsp3) is 0.526. The molecule has 2 atom stereocenters. The van der Waals surface area contributed by atoms with E-state index >= 15 is 0 Å². The molecule has 0 N–H and O–H groups in total. The molecule has 2 heterocycles. The van der Waals surface area contributed by atoms with Crippen LogP contribution >= 0.6 is 0 Å². The van der Waals surface area contributed by atoms with Crippen LogP contribution in [0.1, 0.15) is 49.7 Å². The van der Waals surface area contributed by atoms with Crippen molar-refractivity contribution in [2.45, 2.75) is 63.2 Å². The fourth-order valence-corrected chi connectivity index (χ4v) is 4.20. The Labute approximate surface area is 139 Å². The van der Waals surface area contributed by atoms with E-state index in [9.17, 15) is 18.0 Å². The number of alkyl halides is 3. The van der Waals surface area contributed by atoms with Gasteiger partial charge in [-0.05, 0) is 56.2 Å². The Morgan fingerprint density at radius 1 is 1.00 bits per heavy atom. The van der Waals surface area contributed by atoms with Crippen molar-refractivity contribution in [2.75, 3.05) is 0 Å². The second-order valence-corrected chi connectivity index (χ2v) is 7.17. The van der Waals surface area contributed by atoms with Gasteiger partial charge in [-0.3, -0.25) is 4.79 Å². The maximum absolute atomic E-state index is 12.7. The molecule has 2 aliphatic heterocycles. The van der Waals surface area contributed by atoms with Crippen LogP contribution in [-0.2, 0) is 17.4 Å². The zero-order valence-corrected chi connectivity index (χ0v) is 13.4. The third-order valence-electron chi connectivity index (χ3n) is 5.51. The second kappa shape index (κ2) is 5.64. The van der Waals surface area contributed by atoms with Crippen molar-refractivity contribution >= 4 is 5.91 Å². The number of hydrogen-bond acceptors (Lipinski definition) is 1. The van der Waals surface area contributed by atoms with Crippen molar-refractivity contribution in [1.29, 1.82) is 0 Å². The number of carbonyl (C=O) groups is 1. The van der Waals surface area contributed by atoms with Gasteiger partial charge in [0.1, 0.15) is 0 Å². The van der Waals surface area contributed by atoms with Gasteiger partial charge in [-0.25, -0.2) is 0 Å². The van der Waals surface area contributed by atoms with Crippen LogP contribution in [0, 0.1) is 0 Å². The zero-order chi connectivity index (χ0) is 16.9. The molecule has 1 aromatic carbocycles. The molecule has 0 radical (unpaired) electrons. The first-order valence-electron chi connectivity index (χ1n) is 8.59. The average molecular weight is 335 g/mol. The predicted molar refractivity (Wildman–Crippen MR) is 84.3 cm³/mol. The van der Waals surface area contributed by atoms with Crippen molar-refractivity contribution in [2.24, 2.45) is 0 Å². The molecule has 1 aliphatic carbocycles. The minimum absolute atomic E-state index is 0.0575. The first kappa shape index (κ1) is 15.7. The molecule has 0 spiro atoms. The highest BCUT2D eigenvalue weighted by Crippen LogP contribution is 2.44. The van der Waals surface area contributed by atoms with Crippen LogP contribution in [0.2, 0.25) is 0 Å². The Kier molecular flexibility index (Phi) is 3.70. The number of hydrogen-bond donors (Lipinski definition) is 0. The smallest absolute Gasteiger partial charge is 0.336 e. The Bertz CT molecular complexity index is 668. The van der Waals surface area contributed by atoms with Crippen LogP contribution in [0.15, 0.2) is 35.4 Å². The van der Waals surface area contributed by atoms with E-state index in [1.54, 1.807) is 11.1 Å². The molecule has 1 saturated carbocycles. The summed E-state index contributed by atoms with van der Waals surface area (Å²) in [5.74, 6) is 0.0575. The topological polar surface area (TPSA) is 20.3 Å². The van der Waals surface area contributed by atoms with Crippen LogP contribution < -0.4 is 0 Å². The van der Waals surface area contributed by atoms with E-state index in [0.29, 0.717) is 17.6 Å². The van der Waals surface area contributed by atoms with Crippen LogP contribution in [0.25, 0.3) is 0 Å². The number of benzene rings is 1. The predicted octanol–water partition coefficient (Wildman–Crippen LogP) is 4.49. The molecule has 2 bridgehead atoms. The van der Waals surface area contributed by atoms with E-state index in [1.807, 2.05) is 4.90 Å². The maximum Gasteiger partial charge on any atom is 0.416 e. The van der Waals surface area contributed by atoms with Crippen molar-refractivity contribution in [3.05, 3.63) is 46.5 Å². The van der Waals surface area contributed by atoms with Crippen LogP contribution in [0.5, 0.6) is 0 Å². The van der Waals surface area contributed by atoms with Gasteiger partial charge in [0.25, 0.3) is 0 Å². The highest BCUT2D eigenvalue weighted by Gasteiger charge is 2.42. The number of allylic oxidation sites excluding steroid dienone is 1.